The molecule has 0 N–H and O–H groups in total. The fourth-order valence-corrected chi connectivity index (χ4v) is 2.46. The van der Waals surface area contributed by atoms with E-state index in [0.29, 0.717) is 16.6 Å². The summed E-state index contributed by atoms with van der Waals surface area (Å²) in [4.78, 5) is 13.7. The Morgan fingerprint density at radius 2 is 1.96 bits per heavy atom. The first kappa shape index (κ1) is 18.1. The van der Waals surface area contributed by atoms with Crippen LogP contribution in [-0.4, -0.2) is 24.5 Å². The van der Waals surface area contributed by atoms with Crippen molar-refractivity contribution in [3.8, 4) is 5.75 Å². The van der Waals surface area contributed by atoms with Crippen LogP contribution < -0.4 is 4.74 Å². The number of hydrogen-bond donors (Lipinski definition) is 0. The van der Waals surface area contributed by atoms with Gasteiger partial charge in [-0.2, -0.15) is 8.78 Å². The van der Waals surface area contributed by atoms with Crippen molar-refractivity contribution in [2.75, 3.05) is 7.05 Å². The van der Waals surface area contributed by atoms with E-state index in [2.05, 4.69) is 20.7 Å². The molecule has 0 atom stereocenters. The Balaban J connectivity index is 2.09. The van der Waals surface area contributed by atoms with E-state index in [1.807, 2.05) is 30.3 Å². The molecular formula is C18H16BrF2NO2. The number of benzene rings is 2. The summed E-state index contributed by atoms with van der Waals surface area (Å²) in [5.74, 6) is -0.218. The highest BCUT2D eigenvalue weighted by molar-refractivity contribution is 9.10. The van der Waals surface area contributed by atoms with E-state index in [9.17, 15) is 13.6 Å². The Bertz CT molecular complexity index is 720. The van der Waals surface area contributed by atoms with E-state index >= 15 is 0 Å². The number of carbonyl (C=O) groups is 1. The Labute approximate surface area is 147 Å². The summed E-state index contributed by atoms with van der Waals surface area (Å²) in [6.45, 7) is -2.46. The van der Waals surface area contributed by atoms with Crippen molar-refractivity contribution < 1.29 is 18.3 Å². The van der Waals surface area contributed by atoms with E-state index < -0.39 is 6.61 Å². The lowest BCUT2D eigenvalue weighted by atomic mass is 10.2. The summed E-state index contributed by atoms with van der Waals surface area (Å²) in [5, 5.41) is 0. The van der Waals surface area contributed by atoms with Gasteiger partial charge in [0.15, 0.2) is 0 Å². The monoisotopic (exact) mass is 395 g/mol. The Morgan fingerprint density at radius 1 is 1.25 bits per heavy atom. The fourth-order valence-electron chi connectivity index (χ4n) is 2.08. The molecule has 0 unspecified atom stereocenters. The molecule has 0 fully saturated rings. The lowest BCUT2D eigenvalue weighted by Gasteiger charge is -2.15. The van der Waals surface area contributed by atoms with Crippen LogP contribution in [0.25, 0.3) is 6.08 Å². The topological polar surface area (TPSA) is 29.5 Å². The molecule has 0 spiro atoms. The highest BCUT2D eigenvalue weighted by atomic mass is 79.9. The molecule has 24 heavy (non-hydrogen) atoms. The van der Waals surface area contributed by atoms with E-state index in [-0.39, 0.29) is 11.7 Å². The van der Waals surface area contributed by atoms with Crippen LogP contribution in [0.2, 0.25) is 0 Å². The molecule has 0 saturated carbocycles. The molecule has 2 aromatic carbocycles. The van der Waals surface area contributed by atoms with Gasteiger partial charge < -0.3 is 9.64 Å². The van der Waals surface area contributed by atoms with Crippen molar-refractivity contribution in [1.29, 1.82) is 0 Å². The van der Waals surface area contributed by atoms with Crippen LogP contribution >= 0.6 is 15.9 Å². The normalized spacial score (nSPS) is 11.0. The van der Waals surface area contributed by atoms with Crippen LogP contribution in [0.15, 0.2) is 59.1 Å². The van der Waals surface area contributed by atoms with Gasteiger partial charge in [0.2, 0.25) is 5.91 Å². The molecule has 0 aliphatic heterocycles. The minimum Gasteiger partial charge on any atom is -0.434 e. The highest BCUT2D eigenvalue weighted by Gasteiger charge is 2.10. The summed E-state index contributed by atoms with van der Waals surface area (Å²) in [5.41, 5.74) is 1.40. The Morgan fingerprint density at radius 3 is 2.62 bits per heavy atom. The Hall–Kier alpha value is -2.21. The van der Waals surface area contributed by atoms with Crippen molar-refractivity contribution in [1.82, 2.24) is 4.90 Å². The SMILES string of the molecule is CN(Cc1ccccc1)C(=O)/C=C/c1cc(Br)ccc1OC(F)F. The van der Waals surface area contributed by atoms with Crippen LogP contribution in [-0.2, 0) is 11.3 Å². The quantitative estimate of drug-likeness (QED) is 0.662. The third-order valence-electron chi connectivity index (χ3n) is 3.23. The molecule has 1 amide bonds. The zero-order chi connectivity index (χ0) is 17.5. The van der Waals surface area contributed by atoms with E-state index in [1.54, 1.807) is 19.2 Å². The second kappa shape index (κ2) is 8.59. The highest BCUT2D eigenvalue weighted by Crippen LogP contribution is 2.26. The maximum atomic E-state index is 12.4. The number of hydrogen-bond acceptors (Lipinski definition) is 2. The molecule has 2 aromatic rings. The van der Waals surface area contributed by atoms with Crippen molar-refractivity contribution in [3.63, 3.8) is 0 Å². The predicted octanol–water partition coefficient (Wildman–Crippen LogP) is 4.72. The van der Waals surface area contributed by atoms with Gasteiger partial charge >= 0.3 is 6.61 Å². The molecule has 0 saturated heterocycles. The van der Waals surface area contributed by atoms with Gasteiger partial charge in [-0.3, -0.25) is 4.79 Å². The summed E-state index contributed by atoms with van der Waals surface area (Å²) < 4.78 is 30.0. The second-order valence-corrected chi connectivity index (χ2v) is 5.99. The summed E-state index contributed by atoms with van der Waals surface area (Å²) >= 11 is 3.27. The number of ether oxygens (including phenoxy) is 1. The fraction of sp³-hybridized carbons (Fsp3) is 0.167. The number of nitrogens with zero attached hydrogens (tertiary/aromatic N) is 1. The van der Waals surface area contributed by atoms with Crippen molar-refractivity contribution in [2.45, 2.75) is 13.2 Å². The first-order chi connectivity index (χ1) is 11.5. The van der Waals surface area contributed by atoms with Crippen LogP contribution in [0.3, 0.4) is 0 Å². The van der Waals surface area contributed by atoms with Crippen molar-refractivity contribution >= 4 is 27.9 Å². The molecule has 2 rings (SSSR count). The van der Waals surface area contributed by atoms with Gasteiger partial charge in [-0.25, -0.2) is 0 Å². The average Bonchev–Trinajstić information content (AvgIpc) is 2.55. The summed E-state index contributed by atoms with van der Waals surface area (Å²) in [6, 6.07) is 14.2. The maximum absolute atomic E-state index is 12.4. The van der Waals surface area contributed by atoms with E-state index in [1.165, 1.54) is 23.1 Å². The number of halogens is 3. The van der Waals surface area contributed by atoms with Crippen LogP contribution in [0.1, 0.15) is 11.1 Å². The molecule has 3 nitrogen and oxygen atoms in total. The molecular weight excluding hydrogens is 380 g/mol. The third kappa shape index (κ3) is 5.45. The lowest BCUT2D eigenvalue weighted by molar-refractivity contribution is -0.125. The number of alkyl halides is 2. The number of carbonyl (C=O) groups excluding carboxylic acids is 1. The van der Waals surface area contributed by atoms with Crippen LogP contribution in [0.4, 0.5) is 8.78 Å². The molecule has 0 aliphatic rings. The minimum absolute atomic E-state index is 0.0166. The lowest BCUT2D eigenvalue weighted by Crippen LogP contribution is -2.24. The van der Waals surface area contributed by atoms with Gasteiger partial charge in [0, 0.05) is 29.7 Å². The second-order valence-electron chi connectivity index (χ2n) is 5.07. The minimum atomic E-state index is -2.92. The first-order valence-electron chi connectivity index (χ1n) is 7.17. The molecule has 0 bridgehead atoms. The predicted molar refractivity (Wildman–Crippen MR) is 92.7 cm³/mol. The number of likely N-dealkylation sites (N-methyl/N-ethyl adjacent to an activating group) is 1. The summed E-state index contributed by atoms with van der Waals surface area (Å²) in [7, 11) is 1.68. The number of amides is 1. The molecule has 0 aromatic heterocycles. The van der Waals surface area contributed by atoms with Gasteiger partial charge in [-0.1, -0.05) is 46.3 Å². The average molecular weight is 396 g/mol. The van der Waals surface area contributed by atoms with Gasteiger partial charge in [0.1, 0.15) is 5.75 Å². The number of rotatable bonds is 6. The molecule has 0 heterocycles. The van der Waals surface area contributed by atoms with E-state index in [4.69, 9.17) is 0 Å². The Kier molecular flexibility index (Phi) is 6.49. The molecule has 6 heteroatoms. The first-order valence-corrected chi connectivity index (χ1v) is 7.96. The van der Waals surface area contributed by atoms with Crippen LogP contribution in [0, 0.1) is 0 Å². The zero-order valence-electron chi connectivity index (χ0n) is 13.0. The van der Waals surface area contributed by atoms with Crippen molar-refractivity contribution in [2.24, 2.45) is 0 Å². The standard InChI is InChI=1S/C18H16BrF2NO2/c1-22(12-13-5-3-2-4-6-13)17(23)10-7-14-11-15(19)8-9-16(14)24-18(20)21/h2-11,18H,12H2,1H3/b10-7+. The zero-order valence-corrected chi connectivity index (χ0v) is 14.5. The maximum Gasteiger partial charge on any atom is 0.387 e. The van der Waals surface area contributed by atoms with Crippen molar-refractivity contribution in [3.05, 3.63) is 70.2 Å². The smallest absolute Gasteiger partial charge is 0.387 e. The van der Waals surface area contributed by atoms with Gasteiger partial charge in [0.05, 0.1) is 0 Å². The van der Waals surface area contributed by atoms with E-state index in [0.717, 1.165) is 5.56 Å². The van der Waals surface area contributed by atoms with Gasteiger partial charge in [-0.05, 0) is 29.8 Å². The van der Waals surface area contributed by atoms with Gasteiger partial charge in [0.25, 0.3) is 0 Å². The van der Waals surface area contributed by atoms with Gasteiger partial charge in [-0.15, -0.1) is 0 Å². The molecule has 0 aliphatic carbocycles. The molecule has 0 radical (unpaired) electrons. The van der Waals surface area contributed by atoms with Crippen LogP contribution in [0.5, 0.6) is 5.75 Å². The molecule has 126 valence electrons. The summed E-state index contributed by atoms with van der Waals surface area (Å²) in [6.07, 6.45) is 2.80. The third-order valence-corrected chi connectivity index (χ3v) is 3.73. The largest absolute Gasteiger partial charge is 0.434 e.